The van der Waals surface area contributed by atoms with Crippen molar-refractivity contribution < 1.29 is 26.7 Å². The number of rotatable bonds is 3. The molecule has 0 bridgehead atoms. The van der Waals surface area contributed by atoms with Gasteiger partial charge in [-0.05, 0) is 25.1 Å². The number of aromatic nitrogens is 3. The minimum absolute atomic E-state index is 0.0116. The van der Waals surface area contributed by atoms with Crippen LogP contribution in [0.5, 0.6) is 5.75 Å². The molecule has 24 heavy (non-hydrogen) atoms. The number of benzene rings is 1. The van der Waals surface area contributed by atoms with Gasteiger partial charge in [0.05, 0.1) is 11.4 Å². The van der Waals surface area contributed by atoms with Crippen molar-refractivity contribution in [2.24, 2.45) is 0 Å². The lowest BCUT2D eigenvalue weighted by molar-refractivity contribution is -0.142. The molecule has 0 spiro atoms. The first-order valence-electron chi connectivity index (χ1n) is 6.74. The summed E-state index contributed by atoms with van der Waals surface area (Å²) in [6.45, 7) is -1.48. The Morgan fingerprint density at radius 3 is 2.54 bits per heavy atom. The third-order valence-corrected chi connectivity index (χ3v) is 3.19. The predicted octanol–water partition coefficient (Wildman–Crippen LogP) is 4.32. The van der Waals surface area contributed by atoms with E-state index in [9.17, 15) is 22.0 Å². The Morgan fingerprint density at radius 1 is 1.12 bits per heavy atom. The van der Waals surface area contributed by atoms with Crippen LogP contribution < -0.4 is 4.74 Å². The van der Waals surface area contributed by atoms with E-state index in [1.54, 1.807) is 6.92 Å². The predicted molar refractivity (Wildman–Crippen MR) is 74.8 cm³/mol. The fourth-order valence-electron chi connectivity index (χ4n) is 2.27. The van der Waals surface area contributed by atoms with Crippen molar-refractivity contribution in [3.63, 3.8) is 0 Å². The fourth-order valence-corrected chi connectivity index (χ4v) is 2.27. The number of nitrogens with zero attached hydrogens (tertiary/aromatic N) is 3. The molecule has 2 aromatic heterocycles. The maximum absolute atomic E-state index is 13.3. The van der Waals surface area contributed by atoms with Crippen LogP contribution in [-0.4, -0.2) is 21.2 Å². The standard InChI is InChI=1S/C15H10F5N3O/c1-8-5-13-21-11(7-12(15(18,19)20)23(13)22-8)9-3-2-4-10(6-9)24-14(16)17/h2-7,14H,1H3. The molecule has 1 aromatic carbocycles. The minimum atomic E-state index is -4.65. The highest BCUT2D eigenvalue weighted by atomic mass is 19.4. The van der Waals surface area contributed by atoms with E-state index in [0.717, 1.165) is 6.07 Å². The molecule has 0 aliphatic carbocycles. The molecule has 2 heterocycles. The summed E-state index contributed by atoms with van der Waals surface area (Å²) >= 11 is 0. The van der Waals surface area contributed by atoms with Crippen LogP contribution in [0.2, 0.25) is 0 Å². The van der Waals surface area contributed by atoms with Crippen LogP contribution in [0.25, 0.3) is 16.9 Å². The summed E-state index contributed by atoms with van der Waals surface area (Å²) < 4.78 is 69.3. The van der Waals surface area contributed by atoms with Gasteiger partial charge >= 0.3 is 12.8 Å². The Morgan fingerprint density at radius 2 is 1.88 bits per heavy atom. The van der Waals surface area contributed by atoms with E-state index < -0.39 is 18.5 Å². The molecule has 0 radical (unpaired) electrons. The van der Waals surface area contributed by atoms with Gasteiger partial charge in [0, 0.05) is 11.6 Å². The van der Waals surface area contributed by atoms with Crippen molar-refractivity contribution in [2.75, 3.05) is 0 Å². The molecule has 4 nitrogen and oxygen atoms in total. The number of ether oxygens (including phenoxy) is 1. The molecular formula is C15H10F5N3O. The summed E-state index contributed by atoms with van der Waals surface area (Å²) in [6.07, 6.45) is -4.65. The van der Waals surface area contributed by atoms with Gasteiger partial charge in [-0.15, -0.1) is 0 Å². The Labute approximate surface area is 132 Å². The van der Waals surface area contributed by atoms with E-state index >= 15 is 0 Å². The first-order chi connectivity index (χ1) is 11.2. The largest absolute Gasteiger partial charge is 0.435 e. The molecule has 0 atom stereocenters. The summed E-state index contributed by atoms with van der Waals surface area (Å²) in [4.78, 5) is 4.12. The molecule has 0 saturated carbocycles. The lowest BCUT2D eigenvalue weighted by atomic mass is 10.1. The lowest BCUT2D eigenvalue weighted by Crippen LogP contribution is -2.13. The van der Waals surface area contributed by atoms with Crippen LogP contribution in [0.15, 0.2) is 36.4 Å². The van der Waals surface area contributed by atoms with Crippen LogP contribution in [0.3, 0.4) is 0 Å². The van der Waals surface area contributed by atoms with Gasteiger partial charge in [-0.25, -0.2) is 9.50 Å². The lowest BCUT2D eigenvalue weighted by Gasteiger charge is -2.11. The number of hydrogen-bond donors (Lipinski definition) is 0. The van der Waals surface area contributed by atoms with Gasteiger partial charge in [0.2, 0.25) is 0 Å². The molecule has 126 valence electrons. The number of fused-ring (bicyclic) bond motifs is 1. The highest BCUT2D eigenvalue weighted by Crippen LogP contribution is 2.33. The Balaban J connectivity index is 2.16. The molecule has 3 aromatic rings. The van der Waals surface area contributed by atoms with Crippen molar-refractivity contribution in [1.82, 2.24) is 14.6 Å². The van der Waals surface area contributed by atoms with Crippen LogP contribution in [0, 0.1) is 6.92 Å². The van der Waals surface area contributed by atoms with Crippen molar-refractivity contribution in [2.45, 2.75) is 19.7 Å². The van der Waals surface area contributed by atoms with Gasteiger partial charge in [-0.2, -0.15) is 27.1 Å². The number of aryl methyl sites for hydroxylation is 1. The molecule has 0 N–H and O–H groups in total. The normalized spacial score (nSPS) is 12.1. The molecule has 0 saturated heterocycles. The molecule has 0 amide bonds. The topological polar surface area (TPSA) is 39.4 Å². The van der Waals surface area contributed by atoms with Gasteiger partial charge in [0.25, 0.3) is 0 Å². The molecule has 3 rings (SSSR count). The van der Waals surface area contributed by atoms with Gasteiger partial charge in [-0.3, -0.25) is 0 Å². The number of halogens is 5. The average Bonchev–Trinajstić information content (AvgIpc) is 2.84. The summed E-state index contributed by atoms with van der Waals surface area (Å²) in [6, 6.07) is 7.56. The molecular weight excluding hydrogens is 333 g/mol. The second-order valence-electron chi connectivity index (χ2n) is 4.99. The second kappa shape index (κ2) is 5.73. The van der Waals surface area contributed by atoms with Crippen molar-refractivity contribution in [3.05, 3.63) is 47.8 Å². The monoisotopic (exact) mass is 343 g/mol. The maximum Gasteiger partial charge on any atom is 0.433 e. The van der Waals surface area contributed by atoms with E-state index in [1.165, 1.54) is 30.3 Å². The highest BCUT2D eigenvalue weighted by molar-refractivity contribution is 5.64. The Hall–Kier alpha value is -2.71. The highest BCUT2D eigenvalue weighted by Gasteiger charge is 2.35. The van der Waals surface area contributed by atoms with E-state index in [-0.39, 0.29) is 22.7 Å². The molecule has 0 aliphatic rings. The fraction of sp³-hybridized carbons (Fsp3) is 0.200. The number of alkyl halides is 5. The minimum Gasteiger partial charge on any atom is -0.435 e. The summed E-state index contributed by atoms with van der Waals surface area (Å²) in [5.41, 5.74) is -0.414. The number of hydrogen-bond acceptors (Lipinski definition) is 3. The Kier molecular flexibility index (Phi) is 3.86. The first-order valence-corrected chi connectivity index (χ1v) is 6.74. The average molecular weight is 343 g/mol. The van der Waals surface area contributed by atoms with Crippen LogP contribution in [0.1, 0.15) is 11.4 Å². The van der Waals surface area contributed by atoms with Gasteiger partial charge in [0.1, 0.15) is 5.75 Å². The smallest absolute Gasteiger partial charge is 0.433 e. The Bertz CT molecular complexity index is 888. The first kappa shape index (κ1) is 16.2. The third-order valence-electron chi connectivity index (χ3n) is 3.19. The van der Waals surface area contributed by atoms with E-state index in [0.29, 0.717) is 10.2 Å². The SMILES string of the molecule is Cc1cc2nc(-c3cccc(OC(F)F)c3)cc(C(F)(F)F)n2n1. The second-order valence-corrected chi connectivity index (χ2v) is 4.99. The summed E-state index contributed by atoms with van der Waals surface area (Å²) in [5.74, 6) is -0.164. The van der Waals surface area contributed by atoms with E-state index in [2.05, 4.69) is 14.8 Å². The van der Waals surface area contributed by atoms with Gasteiger partial charge < -0.3 is 4.74 Å². The van der Waals surface area contributed by atoms with Crippen molar-refractivity contribution in [1.29, 1.82) is 0 Å². The van der Waals surface area contributed by atoms with Crippen molar-refractivity contribution >= 4 is 5.65 Å². The van der Waals surface area contributed by atoms with Crippen molar-refractivity contribution in [3.8, 4) is 17.0 Å². The molecule has 0 unspecified atom stereocenters. The van der Waals surface area contributed by atoms with E-state index in [4.69, 9.17) is 0 Å². The quantitative estimate of drug-likeness (QED) is 0.665. The van der Waals surface area contributed by atoms with Crippen LogP contribution in [-0.2, 0) is 6.18 Å². The van der Waals surface area contributed by atoms with Gasteiger partial charge in [0.15, 0.2) is 11.3 Å². The summed E-state index contributed by atoms with van der Waals surface area (Å²) in [7, 11) is 0. The molecule has 9 heteroatoms. The zero-order valence-electron chi connectivity index (χ0n) is 12.2. The van der Waals surface area contributed by atoms with Crippen LogP contribution >= 0.6 is 0 Å². The maximum atomic E-state index is 13.3. The zero-order chi connectivity index (χ0) is 17.5. The zero-order valence-corrected chi connectivity index (χ0v) is 12.2. The van der Waals surface area contributed by atoms with Gasteiger partial charge in [-0.1, -0.05) is 12.1 Å². The summed E-state index contributed by atoms with van der Waals surface area (Å²) in [5, 5.41) is 3.78. The molecule has 0 aliphatic heterocycles. The van der Waals surface area contributed by atoms with Crippen LogP contribution in [0.4, 0.5) is 22.0 Å². The molecule has 0 fully saturated rings. The third kappa shape index (κ3) is 3.15. The van der Waals surface area contributed by atoms with E-state index in [1.807, 2.05) is 0 Å².